The molecule has 2 aromatic carbocycles. The van der Waals surface area contributed by atoms with Gasteiger partial charge in [0, 0.05) is 31.7 Å². The highest BCUT2D eigenvalue weighted by molar-refractivity contribution is 6.04. The van der Waals surface area contributed by atoms with Crippen molar-refractivity contribution >= 4 is 23.4 Å². The molecule has 9 heteroatoms. The number of piperazine rings is 1. The summed E-state index contributed by atoms with van der Waals surface area (Å²) in [6, 6.07) is 11.4. The molecule has 0 aromatic heterocycles. The van der Waals surface area contributed by atoms with Crippen LogP contribution in [0, 0.1) is 0 Å². The molecule has 9 nitrogen and oxygen atoms in total. The third-order valence-corrected chi connectivity index (χ3v) is 5.81. The second kappa shape index (κ2) is 10.8. The Balaban J connectivity index is 1.64. The summed E-state index contributed by atoms with van der Waals surface area (Å²) < 4.78 is 10.5. The average Bonchev–Trinajstić information content (AvgIpc) is 2.84. The topological polar surface area (TPSA) is 114 Å². The number of methoxy groups -OCH3 is 2. The van der Waals surface area contributed by atoms with Crippen molar-refractivity contribution in [1.82, 2.24) is 9.80 Å². The number of carbonyl (C=O) groups excluding carboxylic acids is 3. The number of rotatable bonds is 8. The minimum absolute atomic E-state index is 0.0940. The minimum atomic E-state index is -0.596. The maximum absolute atomic E-state index is 13.0. The molecule has 33 heavy (non-hydrogen) atoms. The number of benzene rings is 2. The van der Waals surface area contributed by atoms with Gasteiger partial charge in [-0.05, 0) is 36.8 Å². The van der Waals surface area contributed by atoms with E-state index in [0.717, 1.165) is 0 Å². The highest BCUT2D eigenvalue weighted by Crippen LogP contribution is 2.28. The quantitative estimate of drug-likeness (QED) is 0.630. The summed E-state index contributed by atoms with van der Waals surface area (Å²) >= 11 is 0. The Hall–Kier alpha value is -3.59. The Morgan fingerprint density at radius 2 is 1.67 bits per heavy atom. The standard InChI is InChI=1S/C24H30N4O5/c1-4-19(23(30)26-18-8-6-5-7-17(18)22(25)29)27-11-13-28(14-12-27)24(31)16-9-10-20(32-2)21(15-16)33-3/h5-10,15,19H,4,11-14H2,1-3H3,(H2,25,29)(H,26,30). The number of amides is 3. The molecule has 1 unspecified atom stereocenters. The molecule has 3 N–H and O–H groups in total. The molecule has 0 aliphatic carbocycles. The first-order valence-corrected chi connectivity index (χ1v) is 10.8. The zero-order chi connectivity index (χ0) is 24.0. The van der Waals surface area contributed by atoms with Crippen LogP contribution in [0.2, 0.25) is 0 Å². The minimum Gasteiger partial charge on any atom is -0.493 e. The number of nitrogens with one attached hydrogen (secondary N) is 1. The van der Waals surface area contributed by atoms with Crippen LogP contribution >= 0.6 is 0 Å². The largest absolute Gasteiger partial charge is 0.493 e. The maximum Gasteiger partial charge on any atom is 0.254 e. The predicted octanol–water partition coefficient (Wildman–Crippen LogP) is 1.98. The molecule has 1 heterocycles. The van der Waals surface area contributed by atoms with Crippen LogP contribution in [0.4, 0.5) is 5.69 Å². The van der Waals surface area contributed by atoms with Crippen molar-refractivity contribution in [3.05, 3.63) is 53.6 Å². The SMILES string of the molecule is CCC(C(=O)Nc1ccccc1C(N)=O)N1CCN(C(=O)c2ccc(OC)c(OC)c2)CC1. The van der Waals surface area contributed by atoms with Crippen LogP contribution in [0.1, 0.15) is 34.1 Å². The summed E-state index contributed by atoms with van der Waals surface area (Å²) in [4.78, 5) is 41.4. The van der Waals surface area contributed by atoms with Gasteiger partial charge in [-0.1, -0.05) is 19.1 Å². The Morgan fingerprint density at radius 3 is 2.27 bits per heavy atom. The van der Waals surface area contributed by atoms with Crippen molar-refractivity contribution in [2.24, 2.45) is 5.73 Å². The molecular weight excluding hydrogens is 424 g/mol. The smallest absolute Gasteiger partial charge is 0.254 e. The highest BCUT2D eigenvalue weighted by atomic mass is 16.5. The van der Waals surface area contributed by atoms with Crippen LogP contribution in [0.15, 0.2) is 42.5 Å². The zero-order valence-electron chi connectivity index (χ0n) is 19.2. The van der Waals surface area contributed by atoms with E-state index in [1.54, 1.807) is 54.5 Å². The van der Waals surface area contributed by atoms with Gasteiger partial charge in [0.15, 0.2) is 11.5 Å². The van der Waals surface area contributed by atoms with E-state index in [2.05, 4.69) is 10.2 Å². The van der Waals surface area contributed by atoms with E-state index >= 15 is 0 Å². The van der Waals surface area contributed by atoms with Crippen molar-refractivity contribution in [2.75, 3.05) is 45.7 Å². The lowest BCUT2D eigenvalue weighted by atomic mass is 10.1. The van der Waals surface area contributed by atoms with Crippen LogP contribution < -0.4 is 20.5 Å². The van der Waals surface area contributed by atoms with E-state index in [-0.39, 0.29) is 23.4 Å². The van der Waals surface area contributed by atoms with Gasteiger partial charge in [0.2, 0.25) is 5.91 Å². The van der Waals surface area contributed by atoms with Crippen molar-refractivity contribution < 1.29 is 23.9 Å². The summed E-state index contributed by atoms with van der Waals surface area (Å²) in [6.07, 6.45) is 0.591. The Labute approximate surface area is 193 Å². The van der Waals surface area contributed by atoms with E-state index in [4.69, 9.17) is 15.2 Å². The summed E-state index contributed by atoms with van der Waals surface area (Å²) in [7, 11) is 3.08. The number of nitrogens with zero attached hydrogens (tertiary/aromatic N) is 2. The molecule has 1 fully saturated rings. The molecule has 3 rings (SSSR count). The highest BCUT2D eigenvalue weighted by Gasteiger charge is 2.30. The van der Waals surface area contributed by atoms with Crippen LogP contribution in [-0.4, -0.2) is 74.0 Å². The van der Waals surface area contributed by atoms with E-state index in [1.165, 1.54) is 7.11 Å². The van der Waals surface area contributed by atoms with E-state index in [1.807, 2.05) is 6.92 Å². The molecule has 176 valence electrons. The average molecular weight is 455 g/mol. The van der Waals surface area contributed by atoms with Gasteiger partial charge in [-0.3, -0.25) is 19.3 Å². The van der Waals surface area contributed by atoms with Gasteiger partial charge in [0.1, 0.15) is 0 Å². The number of primary amides is 1. The molecule has 0 bridgehead atoms. The molecule has 1 atom stereocenters. The first-order chi connectivity index (χ1) is 15.9. The molecule has 1 aliphatic rings. The summed E-state index contributed by atoms with van der Waals surface area (Å²) in [6.45, 7) is 4.04. The van der Waals surface area contributed by atoms with Crippen LogP contribution in [0.3, 0.4) is 0 Å². The number of hydrogen-bond acceptors (Lipinski definition) is 6. The monoisotopic (exact) mass is 454 g/mol. The molecule has 3 amide bonds. The molecule has 2 aromatic rings. The van der Waals surface area contributed by atoms with E-state index in [0.29, 0.717) is 55.3 Å². The molecule has 0 saturated carbocycles. The number of carbonyl (C=O) groups is 3. The lowest BCUT2D eigenvalue weighted by molar-refractivity contribution is -0.122. The van der Waals surface area contributed by atoms with Gasteiger partial charge in [0.05, 0.1) is 31.5 Å². The number of para-hydroxylation sites is 1. The van der Waals surface area contributed by atoms with Gasteiger partial charge >= 0.3 is 0 Å². The van der Waals surface area contributed by atoms with Crippen LogP contribution in [-0.2, 0) is 4.79 Å². The van der Waals surface area contributed by atoms with Crippen LogP contribution in [0.25, 0.3) is 0 Å². The van der Waals surface area contributed by atoms with E-state index < -0.39 is 5.91 Å². The number of anilines is 1. The van der Waals surface area contributed by atoms with Crippen molar-refractivity contribution in [3.63, 3.8) is 0 Å². The first-order valence-electron chi connectivity index (χ1n) is 10.8. The Morgan fingerprint density at radius 1 is 1.00 bits per heavy atom. The second-order valence-corrected chi connectivity index (χ2v) is 7.72. The fourth-order valence-electron chi connectivity index (χ4n) is 4.02. The van der Waals surface area contributed by atoms with Gasteiger partial charge < -0.3 is 25.4 Å². The van der Waals surface area contributed by atoms with Gasteiger partial charge in [-0.2, -0.15) is 0 Å². The molecular formula is C24H30N4O5. The number of nitrogens with two attached hydrogens (primary N) is 1. The molecule has 1 aliphatic heterocycles. The molecule has 0 spiro atoms. The lowest BCUT2D eigenvalue weighted by Gasteiger charge is -2.38. The summed E-state index contributed by atoms with van der Waals surface area (Å²) in [5.41, 5.74) is 6.61. The molecule has 1 saturated heterocycles. The van der Waals surface area contributed by atoms with Gasteiger partial charge in [-0.15, -0.1) is 0 Å². The van der Waals surface area contributed by atoms with Gasteiger partial charge in [-0.25, -0.2) is 0 Å². The van der Waals surface area contributed by atoms with Crippen molar-refractivity contribution in [1.29, 1.82) is 0 Å². The van der Waals surface area contributed by atoms with Gasteiger partial charge in [0.25, 0.3) is 11.8 Å². The number of hydrogen-bond donors (Lipinski definition) is 2. The second-order valence-electron chi connectivity index (χ2n) is 7.72. The first kappa shape index (κ1) is 24.1. The fraction of sp³-hybridized carbons (Fsp3) is 0.375. The third-order valence-electron chi connectivity index (χ3n) is 5.81. The molecule has 0 radical (unpaired) electrons. The predicted molar refractivity (Wildman–Crippen MR) is 125 cm³/mol. The third kappa shape index (κ3) is 5.43. The summed E-state index contributed by atoms with van der Waals surface area (Å²) in [5, 5.41) is 2.84. The van der Waals surface area contributed by atoms with E-state index in [9.17, 15) is 14.4 Å². The van der Waals surface area contributed by atoms with Crippen molar-refractivity contribution in [2.45, 2.75) is 19.4 Å². The fourth-order valence-corrected chi connectivity index (χ4v) is 4.02. The van der Waals surface area contributed by atoms with Crippen LogP contribution in [0.5, 0.6) is 11.5 Å². The Bertz CT molecular complexity index is 1020. The zero-order valence-corrected chi connectivity index (χ0v) is 19.2. The Kier molecular flexibility index (Phi) is 7.89. The van der Waals surface area contributed by atoms with Crippen molar-refractivity contribution in [3.8, 4) is 11.5 Å². The lowest BCUT2D eigenvalue weighted by Crippen LogP contribution is -2.54. The number of ether oxygens (including phenoxy) is 2. The summed E-state index contributed by atoms with van der Waals surface area (Å²) in [5.74, 6) is 0.171. The maximum atomic E-state index is 13.0. The normalized spacial score (nSPS) is 14.9.